The van der Waals surface area contributed by atoms with E-state index in [1.54, 1.807) is 0 Å². The first-order valence-electron chi connectivity index (χ1n) is 10.2. The lowest BCUT2D eigenvalue weighted by Crippen LogP contribution is -2.43. The van der Waals surface area contributed by atoms with Gasteiger partial charge in [0.1, 0.15) is 0 Å². The second kappa shape index (κ2) is 7.64. The van der Waals surface area contributed by atoms with E-state index < -0.39 is 0 Å². The fourth-order valence-corrected chi connectivity index (χ4v) is 4.49. The first-order valence-corrected chi connectivity index (χ1v) is 10.2. The van der Waals surface area contributed by atoms with E-state index in [1.165, 1.54) is 16.8 Å². The van der Waals surface area contributed by atoms with Crippen molar-refractivity contribution in [2.75, 3.05) is 0 Å². The fraction of sp³-hybridized carbons (Fsp3) is 0.360. The van der Waals surface area contributed by atoms with Crippen LogP contribution in [0.1, 0.15) is 39.0 Å². The van der Waals surface area contributed by atoms with Crippen molar-refractivity contribution < 1.29 is 0 Å². The minimum Gasteiger partial charge on any atom is -0.402 e. The Balaban J connectivity index is 1.62. The highest BCUT2D eigenvalue weighted by Gasteiger charge is 2.37. The molecule has 3 unspecified atom stereocenters. The quantitative estimate of drug-likeness (QED) is 0.708. The van der Waals surface area contributed by atoms with E-state index in [9.17, 15) is 0 Å². The van der Waals surface area contributed by atoms with Gasteiger partial charge in [-0.1, -0.05) is 79.3 Å². The number of rotatable bonds is 4. The first-order chi connectivity index (χ1) is 13.2. The summed E-state index contributed by atoms with van der Waals surface area (Å²) in [5.74, 6) is 0.410. The molecule has 0 aromatic heterocycles. The Bertz CT molecular complexity index is 828. The molecule has 3 N–H and O–H groups in total. The molecule has 3 atom stereocenters. The average Bonchev–Trinajstić information content (AvgIpc) is 2.71. The van der Waals surface area contributed by atoms with Crippen LogP contribution >= 0.6 is 0 Å². The molecule has 0 saturated heterocycles. The second-order valence-electron chi connectivity index (χ2n) is 8.09. The summed E-state index contributed by atoms with van der Waals surface area (Å²) in [5, 5.41) is 3.77. The van der Waals surface area contributed by atoms with Crippen LogP contribution in [-0.2, 0) is 0 Å². The standard InChI is InChI=1S/C25H30N2/c1-25(17-9-8-14-24(25)27-21-12-6-3-7-13-21)20-15-16-23(26)22(18-20)19-10-4-2-5-11-19/h2,4-6,8-10,12-14,17-19,24,27H,3,7,11,15-16,26H2,1H3. The van der Waals surface area contributed by atoms with E-state index in [1.807, 2.05) is 0 Å². The monoisotopic (exact) mass is 358 g/mol. The van der Waals surface area contributed by atoms with E-state index in [2.05, 4.69) is 85.2 Å². The summed E-state index contributed by atoms with van der Waals surface area (Å²) in [4.78, 5) is 0. The summed E-state index contributed by atoms with van der Waals surface area (Å²) in [6, 6.07) is 0.255. The highest BCUT2D eigenvalue weighted by molar-refractivity contribution is 5.44. The summed E-state index contributed by atoms with van der Waals surface area (Å²) in [6.07, 6.45) is 32.3. The predicted octanol–water partition coefficient (Wildman–Crippen LogP) is 5.38. The molecule has 4 aliphatic rings. The number of nitrogens with one attached hydrogen (secondary N) is 1. The summed E-state index contributed by atoms with van der Waals surface area (Å²) < 4.78 is 0. The SMILES string of the molecule is CC1(C2=CC(C3C=CC=CC3)=C(N)CC2)C=CC=CC1NC1=CCCC=C1. The molecule has 2 nitrogen and oxygen atoms in total. The summed E-state index contributed by atoms with van der Waals surface area (Å²) in [6.45, 7) is 2.36. The van der Waals surface area contributed by atoms with E-state index >= 15 is 0 Å². The molecule has 2 heteroatoms. The maximum Gasteiger partial charge on any atom is 0.0573 e. The van der Waals surface area contributed by atoms with Gasteiger partial charge in [-0.2, -0.15) is 0 Å². The molecule has 0 saturated carbocycles. The van der Waals surface area contributed by atoms with Crippen molar-refractivity contribution >= 4 is 0 Å². The zero-order chi connectivity index (χ0) is 18.7. The third-order valence-corrected chi connectivity index (χ3v) is 6.26. The molecule has 140 valence electrons. The predicted molar refractivity (Wildman–Crippen MR) is 115 cm³/mol. The zero-order valence-corrected chi connectivity index (χ0v) is 16.2. The smallest absolute Gasteiger partial charge is 0.0573 e. The van der Waals surface area contributed by atoms with Crippen LogP contribution in [0.3, 0.4) is 0 Å². The van der Waals surface area contributed by atoms with Crippen molar-refractivity contribution in [3.63, 3.8) is 0 Å². The Morgan fingerprint density at radius 1 is 1.04 bits per heavy atom. The Morgan fingerprint density at radius 3 is 2.70 bits per heavy atom. The van der Waals surface area contributed by atoms with Crippen molar-refractivity contribution in [2.24, 2.45) is 17.1 Å². The Morgan fingerprint density at radius 2 is 1.93 bits per heavy atom. The molecule has 4 rings (SSSR count). The van der Waals surface area contributed by atoms with Gasteiger partial charge in [0.15, 0.2) is 0 Å². The molecule has 27 heavy (non-hydrogen) atoms. The van der Waals surface area contributed by atoms with Gasteiger partial charge in [-0.3, -0.25) is 0 Å². The molecular formula is C25H30N2. The third kappa shape index (κ3) is 3.66. The molecule has 0 radical (unpaired) electrons. The molecule has 0 amide bonds. The van der Waals surface area contributed by atoms with Gasteiger partial charge in [0, 0.05) is 22.7 Å². The normalized spacial score (nSPS) is 32.5. The van der Waals surface area contributed by atoms with Gasteiger partial charge in [-0.25, -0.2) is 0 Å². The van der Waals surface area contributed by atoms with E-state index in [4.69, 9.17) is 5.73 Å². The van der Waals surface area contributed by atoms with Crippen molar-refractivity contribution in [3.8, 4) is 0 Å². The fourth-order valence-electron chi connectivity index (χ4n) is 4.49. The molecule has 0 bridgehead atoms. The van der Waals surface area contributed by atoms with Gasteiger partial charge < -0.3 is 11.1 Å². The first kappa shape index (κ1) is 17.9. The maximum atomic E-state index is 6.44. The third-order valence-electron chi connectivity index (χ3n) is 6.26. The summed E-state index contributed by atoms with van der Waals surface area (Å²) >= 11 is 0. The average molecular weight is 359 g/mol. The van der Waals surface area contributed by atoms with Gasteiger partial charge >= 0.3 is 0 Å². The minimum absolute atomic E-state index is 0.0406. The van der Waals surface area contributed by atoms with Crippen molar-refractivity contribution in [2.45, 2.75) is 45.1 Å². The molecule has 0 spiro atoms. The van der Waals surface area contributed by atoms with Gasteiger partial charge in [-0.15, -0.1) is 0 Å². The van der Waals surface area contributed by atoms with Crippen LogP contribution in [0, 0.1) is 11.3 Å². The van der Waals surface area contributed by atoms with E-state index in [0.29, 0.717) is 5.92 Å². The Hall–Kier alpha value is -2.48. The van der Waals surface area contributed by atoms with Crippen LogP contribution in [-0.4, -0.2) is 6.04 Å². The van der Waals surface area contributed by atoms with Crippen LogP contribution in [0.5, 0.6) is 0 Å². The highest BCUT2D eigenvalue weighted by Crippen LogP contribution is 2.43. The lowest BCUT2D eigenvalue weighted by molar-refractivity contribution is 0.390. The van der Waals surface area contributed by atoms with Gasteiger partial charge in [0.25, 0.3) is 0 Å². The number of nitrogens with two attached hydrogens (primary N) is 1. The largest absolute Gasteiger partial charge is 0.402 e. The van der Waals surface area contributed by atoms with Gasteiger partial charge in [0.2, 0.25) is 0 Å². The number of hydrogen-bond donors (Lipinski definition) is 2. The number of allylic oxidation sites excluding steroid dienone is 12. The van der Waals surface area contributed by atoms with Crippen LogP contribution < -0.4 is 11.1 Å². The lowest BCUT2D eigenvalue weighted by atomic mass is 9.68. The molecule has 4 aliphatic carbocycles. The van der Waals surface area contributed by atoms with Crippen LogP contribution in [0.25, 0.3) is 0 Å². The molecule has 0 aromatic carbocycles. The zero-order valence-electron chi connectivity index (χ0n) is 16.2. The molecule has 0 aromatic rings. The van der Waals surface area contributed by atoms with Crippen LogP contribution in [0.15, 0.2) is 95.5 Å². The summed E-state index contributed by atoms with van der Waals surface area (Å²) in [5.41, 5.74) is 11.5. The Labute approximate surface area is 163 Å². The number of hydrogen-bond acceptors (Lipinski definition) is 2. The van der Waals surface area contributed by atoms with Crippen molar-refractivity contribution in [1.82, 2.24) is 5.32 Å². The molecule has 0 fully saturated rings. The summed E-state index contributed by atoms with van der Waals surface area (Å²) in [7, 11) is 0. The van der Waals surface area contributed by atoms with Gasteiger partial charge in [-0.05, 0) is 43.8 Å². The van der Waals surface area contributed by atoms with Crippen LogP contribution in [0.4, 0.5) is 0 Å². The molecular weight excluding hydrogens is 328 g/mol. The van der Waals surface area contributed by atoms with E-state index in [0.717, 1.165) is 37.8 Å². The lowest BCUT2D eigenvalue weighted by Gasteiger charge is -2.41. The Kier molecular flexibility index (Phi) is 5.07. The highest BCUT2D eigenvalue weighted by atomic mass is 14.9. The minimum atomic E-state index is -0.0406. The van der Waals surface area contributed by atoms with Crippen molar-refractivity contribution in [3.05, 3.63) is 95.5 Å². The van der Waals surface area contributed by atoms with Gasteiger partial charge in [0.05, 0.1) is 6.04 Å². The molecule has 0 aliphatic heterocycles. The second-order valence-corrected chi connectivity index (χ2v) is 8.09. The van der Waals surface area contributed by atoms with E-state index in [-0.39, 0.29) is 11.5 Å². The maximum absolute atomic E-state index is 6.44. The van der Waals surface area contributed by atoms with Crippen LogP contribution in [0.2, 0.25) is 0 Å². The van der Waals surface area contributed by atoms with Crippen molar-refractivity contribution in [1.29, 1.82) is 0 Å². The molecule has 0 heterocycles. The topological polar surface area (TPSA) is 38.0 Å².